The van der Waals surface area contributed by atoms with Gasteiger partial charge in [-0.2, -0.15) is 4.98 Å². The maximum atomic E-state index is 12.6. The Hall–Kier alpha value is -1.95. The van der Waals surface area contributed by atoms with Gasteiger partial charge in [-0.15, -0.1) is 0 Å². The summed E-state index contributed by atoms with van der Waals surface area (Å²) in [5.41, 5.74) is 2.02. The van der Waals surface area contributed by atoms with Gasteiger partial charge in [-0.25, -0.2) is 0 Å². The predicted molar refractivity (Wildman–Crippen MR) is 93.6 cm³/mol. The number of nitrogens with zero attached hydrogens (tertiary/aromatic N) is 2. The molecular weight excluding hydrogens is 358 g/mol. The molecule has 0 bridgehead atoms. The highest BCUT2D eigenvalue weighted by molar-refractivity contribution is 9.10. The molecule has 3 rings (SSSR count). The van der Waals surface area contributed by atoms with Crippen molar-refractivity contribution in [2.75, 3.05) is 5.32 Å². The molecule has 0 spiro atoms. The van der Waals surface area contributed by atoms with Gasteiger partial charge < -0.3 is 4.57 Å². The van der Waals surface area contributed by atoms with Crippen molar-refractivity contribution in [3.63, 3.8) is 0 Å². The Morgan fingerprint density at radius 3 is 2.61 bits per heavy atom. The van der Waals surface area contributed by atoms with E-state index in [2.05, 4.69) is 33.2 Å². The summed E-state index contributed by atoms with van der Waals surface area (Å²) >= 11 is 3.41. The van der Waals surface area contributed by atoms with E-state index in [0.717, 1.165) is 35.0 Å². The van der Waals surface area contributed by atoms with Crippen molar-refractivity contribution in [2.24, 2.45) is 0 Å². The van der Waals surface area contributed by atoms with Crippen LogP contribution in [0.2, 0.25) is 0 Å². The Morgan fingerprint density at radius 1 is 1.26 bits per heavy atom. The third kappa shape index (κ3) is 2.83. The van der Waals surface area contributed by atoms with E-state index >= 15 is 0 Å². The largest absolute Gasteiger partial charge is 0.303 e. The van der Waals surface area contributed by atoms with Crippen LogP contribution in [0, 0.1) is 0 Å². The van der Waals surface area contributed by atoms with Crippen molar-refractivity contribution >= 4 is 27.8 Å². The minimum Gasteiger partial charge on any atom is -0.303 e. The van der Waals surface area contributed by atoms with Crippen LogP contribution in [0.5, 0.6) is 0 Å². The molecule has 1 amide bonds. The van der Waals surface area contributed by atoms with E-state index in [9.17, 15) is 9.59 Å². The Kier molecular flexibility index (Phi) is 4.35. The van der Waals surface area contributed by atoms with Crippen molar-refractivity contribution in [1.82, 2.24) is 9.55 Å². The van der Waals surface area contributed by atoms with E-state index in [0.29, 0.717) is 11.5 Å². The molecule has 2 aromatic rings. The lowest BCUT2D eigenvalue weighted by Gasteiger charge is -2.17. The van der Waals surface area contributed by atoms with Gasteiger partial charge >= 0.3 is 0 Å². The molecule has 1 atom stereocenters. The first-order chi connectivity index (χ1) is 11.0. The van der Waals surface area contributed by atoms with Gasteiger partial charge in [-0.3, -0.25) is 14.9 Å². The Balaban J connectivity index is 2.24. The molecule has 0 saturated heterocycles. The number of nitrogens with one attached hydrogen (secondary N) is 1. The Bertz CT molecular complexity index is 812. The molecule has 0 radical (unpaired) electrons. The summed E-state index contributed by atoms with van der Waals surface area (Å²) in [6, 6.07) is 7.27. The van der Waals surface area contributed by atoms with Crippen molar-refractivity contribution in [1.29, 1.82) is 0 Å². The average Bonchev–Trinajstić information content (AvgIpc) is 2.80. The molecule has 1 aliphatic heterocycles. The van der Waals surface area contributed by atoms with Crippen LogP contribution in [0.25, 0.3) is 11.1 Å². The monoisotopic (exact) mass is 375 g/mol. The third-order valence-corrected chi connectivity index (χ3v) is 4.66. The number of benzene rings is 1. The topological polar surface area (TPSA) is 64.0 Å². The quantitative estimate of drug-likeness (QED) is 0.888. The smallest absolute Gasteiger partial charge is 0.282 e. The van der Waals surface area contributed by atoms with E-state index in [1.165, 1.54) is 0 Å². The van der Waals surface area contributed by atoms with Crippen molar-refractivity contribution in [3.05, 3.63) is 44.8 Å². The second-order valence-corrected chi connectivity index (χ2v) is 6.62. The second kappa shape index (κ2) is 6.28. The first kappa shape index (κ1) is 15.9. The standard InChI is InChI=1S/C17H18BrN3O2/c1-3-4-5-13-14(11-6-8-12(18)9-7-11)16(23)20-17-19-15(22)10(2)21(13)17/h6-10H,3-5H2,1-2H3,(H,19,20,22,23). The molecule has 0 aliphatic carbocycles. The van der Waals surface area contributed by atoms with Crippen LogP contribution < -0.4 is 10.9 Å². The lowest BCUT2D eigenvalue weighted by molar-refractivity contribution is -0.117. The molecule has 1 aromatic heterocycles. The number of amides is 1. The number of fused-ring (bicyclic) bond motifs is 1. The van der Waals surface area contributed by atoms with Gasteiger partial charge in [-0.05, 0) is 37.5 Å². The van der Waals surface area contributed by atoms with E-state index in [-0.39, 0.29) is 17.5 Å². The third-order valence-electron chi connectivity index (χ3n) is 4.13. The number of aromatic nitrogens is 2. The highest BCUT2D eigenvalue weighted by atomic mass is 79.9. The normalized spacial score (nSPS) is 16.3. The van der Waals surface area contributed by atoms with Gasteiger partial charge in [0.2, 0.25) is 11.9 Å². The lowest BCUT2D eigenvalue weighted by Crippen LogP contribution is -2.20. The number of rotatable bonds is 4. The van der Waals surface area contributed by atoms with Crippen LogP contribution in [0.15, 0.2) is 33.5 Å². The molecule has 5 nitrogen and oxygen atoms in total. The van der Waals surface area contributed by atoms with Gasteiger partial charge in [0.05, 0.1) is 5.56 Å². The summed E-state index contributed by atoms with van der Waals surface area (Å²) in [6.07, 6.45) is 2.71. The number of hydrogen-bond acceptors (Lipinski definition) is 3. The van der Waals surface area contributed by atoms with Crippen LogP contribution in [-0.4, -0.2) is 15.5 Å². The van der Waals surface area contributed by atoms with Crippen LogP contribution >= 0.6 is 15.9 Å². The molecule has 0 saturated carbocycles. The summed E-state index contributed by atoms with van der Waals surface area (Å²) in [4.78, 5) is 28.6. The van der Waals surface area contributed by atoms with E-state index in [1.807, 2.05) is 35.8 Å². The molecule has 120 valence electrons. The second-order valence-electron chi connectivity index (χ2n) is 5.71. The van der Waals surface area contributed by atoms with Gasteiger partial charge in [0.1, 0.15) is 6.04 Å². The maximum absolute atomic E-state index is 12.6. The van der Waals surface area contributed by atoms with Crippen molar-refractivity contribution in [3.8, 4) is 11.1 Å². The number of carbonyl (C=O) groups excluding carboxylic acids is 1. The summed E-state index contributed by atoms with van der Waals surface area (Å²) < 4.78 is 2.83. The molecular formula is C17H18BrN3O2. The first-order valence-corrected chi connectivity index (χ1v) is 8.54. The summed E-state index contributed by atoms with van der Waals surface area (Å²) in [7, 11) is 0. The van der Waals surface area contributed by atoms with Gasteiger partial charge in [0.15, 0.2) is 0 Å². The molecule has 0 fully saturated rings. The minimum atomic E-state index is -0.348. The Morgan fingerprint density at radius 2 is 1.96 bits per heavy atom. The molecule has 23 heavy (non-hydrogen) atoms. The zero-order chi connectivity index (χ0) is 16.6. The summed E-state index contributed by atoms with van der Waals surface area (Å²) in [5, 5.41) is 2.70. The fourth-order valence-electron chi connectivity index (χ4n) is 2.91. The fraction of sp³-hybridized carbons (Fsp3) is 0.353. The van der Waals surface area contributed by atoms with Gasteiger partial charge in [-0.1, -0.05) is 41.4 Å². The van der Waals surface area contributed by atoms with Crippen molar-refractivity contribution < 1.29 is 4.79 Å². The number of hydrogen-bond donors (Lipinski definition) is 1. The number of anilines is 1. The first-order valence-electron chi connectivity index (χ1n) is 7.75. The van der Waals surface area contributed by atoms with Gasteiger partial charge in [0, 0.05) is 10.2 Å². The predicted octanol–water partition coefficient (Wildman–Crippen LogP) is 3.53. The average molecular weight is 376 g/mol. The van der Waals surface area contributed by atoms with E-state index < -0.39 is 0 Å². The molecule has 1 aliphatic rings. The SMILES string of the molecule is CCCCc1c(-c2ccc(Br)cc2)c(=O)nc2n1C(C)C(=O)N2. The lowest BCUT2D eigenvalue weighted by atomic mass is 10.0. The molecule has 1 aromatic carbocycles. The molecule has 2 heterocycles. The Labute approximate surface area is 142 Å². The fourth-order valence-corrected chi connectivity index (χ4v) is 3.18. The van der Waals surface area contributed by atoms with Gasteiger partial charge in [0.25, 0.3) is 5.56 Å². The van der Waals surface area contributed by atoms with Crippen molar-refractivity contribution in [2.45, 2.75) is 39.2 Å². The molecule has 1 N–H and O–H groups in total. The minimum absolute atomic E-state index is 0.123. The zero-order valence-electron chi connectivity index (χ0n) is 13.1. The number of carbonyl (C=O) groups is 1. The summed E-state index contributed by atoms with van der Waals surface area (Å²) in [6.45, 7) is 3.94. The highest BCUT2D eigenvalue weighted by Crippen LogP contribution is 2.30. The molecule has 1 unspecified atom stereocenters. The van der Waals surface area contributed by atoms with E-state index in [4.69, 9.17) is 0 Å². The van der Waals surface area contributed by atoms with Crippen LogP contribution in [0.1, 0.15) is 38.4 Å². The number of unbranched alkanes of at least 4 members (excludes halogenated alkanes) is 1. The maximum Gasteiger partial charge on any atom is 0.282 e. The summed E-state index contributed by atoms with van der Waals surface area (Å²) in [5.74, 6) is 0.238. The van der Waals surface area contributed by atoms with Crippen LogP contribution in [0.3, 0.4) is 0 Å². The zero-order valence-corrected chi connectivity index (χ0v) is 14.7. The van der Waals surface area contributed by atoms with Crippen LogP contribution in [-0.2, 0) is 11.2 Å². The van der Waals surface area contributed by atoms with E-state index in [1.54, 1.807) is 0 Å². The molecule has 6 heteroatoms. The van der Waals surface area contributed by atoms with Crippen LogP contribution in [0.4, 0.5) is 5.95 Å². The highest BCUT2D eigenvalue weighted by Gasteiger charge is 2.31. The number of halogens is 1.